The lowest BCUT2D eigenvalue weighted by Crippen LogP contribution is -2.25. The molecule has 1 aromatic heterocycles. The molecule has 3 aromatic rings. The monoisotopic (exact) mass is 380 g/mol. The van der Waals surface area contributed by atoms with E-state index in [9.17, 15) is 9.18 Å². The van der Waals surface area contributed by atoms with Crippen LogP contribution in [0.2, 0.25) is 0 Å². The molecule has 0 saturated heterocycles. The Morgan fingerprint density at radius 1 is 1.07 bits per heavy atom. The lowest BCUT2D eigenvalue weighted by atomic mass is 10.1. The molecule has 0 aliphatic heterocycles. The van der Waals surface area contributed by atoms with Crippen LogP contribution in [0.5, 0.6) is 0 Å². The Morgan fingerprint density at radius 2 is 1.86 bits per heavy atom. The normalized spacial score (nSPS) is 10.5. The van der Waals surface area contributed by atoms with Crippen LogP contribution in [-0.2, 0) is 4.74 Å². The molecule has 0 atom stereocenters. The minimum Gasteiger partial charge on any atom is -0.385 e. The Kier molecular flexibility index (Phi) is 6.64. The molecule has 3 rings (SSSR count). The predicted octanol–water partition coefficient (Wildman–Crippen LogP) is 3.79. The molecule has 0 saturated carbocycles. The summed E-state index contributed by atoms with van der Waals surface area (Å²) in [5.41, 5.74) is 2.66. The molecule has 0 bridgehead atoms. The maximum Gasteiger partial charge on any atom is 0.251 e. The van der Waals surface area contributed by atoms with Crippen LogP contribution in [-0.4, -0.2) is 36.1 Å². The summed E-state index contributed by atoms with van der Waals surface area (Å²) in [6.07, 6.45) is 4.00. The minimum absolute atomic E-state index is 0.151. The smallest absolute Gasteiger partial charge is 0.251 e. The standard InChI is InChI=1S/C21H21FN4O2/c1-28-10-4-9-23-20(27)16-6-3-8-19(12-16)26-21-24-13-17(14-25-21)15-5-2-7-18(22)11-15/h2-3,5-8,11-14H,4,9-10H2,1H3,(H,23,27)(H,24,25,26). The van der Waals surface area contributed by atoms with Gasteiger partial charge in [-0.25, -0.2) is 14.4 Å². The molecular formula is C21H21FN4O2. The summed E-state index contributed by atoms with van der Waals surface area (Å²) < 4.78 is 18.3. The summed E-state index contributed by atoms with van der Waals surface area (Å²) in [4.78, 5) is 20.7. The number of nitrogens with one attached hydrogen (secondary N) is 2. The van der Waals surface area contributed by atoms with E-state index in [-0.39, 0.29) is 11.7 Å². The van der Waals surface area contributed by atoms with Crippen LogP contribution in [0.3, 0.4) is 0 Å². The van der Waals surface area contributed by atoms with Gasteiger partial charge in [-0.1, -0.05) is 18.2 Å². The highest BCUT2D eigenvalue weighted by molar-refractivity contribution is 5.95. The molecular weight excluding hydrogens is 359 g/mol. The van der Waals surface area contributed by atoms with E-state index in [2.05, 4.69) is 20.6 Å². The molecule has 2 N–H and O–H groups in total. The SMILES string of the molecule is COCCCNC(=O)c1cccc(Nc2ncc(-c3cccc(F)c3)cn2)c1. The van der Waals surface area contributed by atoms with Crippen molar-refractivity contribution in [2.24, 2.45) is 0 Å². The van der Waals surface area contributed by atoms with Gasteiger partial charge < -0.3 is 15.4 Å². The molecule has 7 heteroatoms. The Morgan fingerprint density at radius 3 is 2.61 bits per heavy atom. The first-order valence-corrected chi connectivity index (χ1v) is 8.88. The Balaban J connectivity index is 1.64. The highest BCUT2D eigenvalue weighted by Crippen LogP contribution is 2.20. The fourth-order valence-electron chi connectivity index (χ4n) is 2.60. The van der Waals surface area contributed by atoms with Gasteiger partial charge in [0.25, 0.3) is 5.91 Å². The number of ether oxygens (including phenoxy) is 1. The van der Waals surface area contributed by atoms with Gasteiger partial charge in [-0.2, -0.15) is 0 Å². The van der Waals surface area contributed by atoms with Crippen LogP contribution in [0.4, 0.5) is 16.0 Å². The number of amides is 1. The molecule has 1 heterocycles. The van der Waals surface area contributed by atoms with Crippen molar-refractivity contribution in [3.8, 4) is 11.1 Å². The number of carbonyl (C=O) groups is 1. The fourth-order valence-corrected chi connectivity index (χ4v) is 2.60. The van der Waals surface area contributed by atoms with Crippen LogP contribution >= 0.6 is 0 Å². The minimum atomic E-state index is -0.308. The number of anilines is 2. The molecule has 6 nitrogen and oxygen atoms in total. The highest BCUT2D eigenvalue weighted by atomic mass is 19.1. The van der Waals surface area contributed by atoms with E-state index in [1.54, 1.807) is 49.8 Å². The maximum absolute atomic E-state index is 13.3. The predicted molar refractivity (Wildman–Crippen MR) is 106 cm³/mol. The summed E-state index contributed by atoms with van der Waals surface area (Å²) in [5.74, 6) is -0.0723. The molecule has 28 heavy (non-hydrogen) atoms. The zero-order chi connectivity index (χ0) is 19.8. The van der Waals surface area contributed by atoms with Gasteiger partial charge in [-0.15, -0.1) is 0 Å². The van der Waals surface area contributed by atoms with Gasteiger partial charge in [0.05, 0.1) is 0 Å². The zero-order valence-corrected chi connectivity index (χ0v) is 15.5. The molecule has 0 fully saturated rings. The van der Waals surface area contributed by atoms with Gasteiger partial charge in [0, 0.05) is 49.5 Å². The average molecular weight is 380 g/mol. The summed E-state index contributed by atoms with van der Waals surface area (Å²) >= 11 is 0. The van der Waals surface area contributed by atoms with E-state index in [1.807, 2.05) is 6.07 Å². The van der Waals surface area contributed by atoms with Crippen LogP contribution in [0.15, 0.2) is 60.9 Å². The van der Waals surface area contributed by atoms with Crippen LogP contribution < -0.4 is 10.6 Å². The van der Waals surface area contributed by atoms with Gasteiger partial charge in [0.1, 0.15) is 5.82 Å². The van der Waals surface area contributed by atoms with Gasteiger partial charge in [0.2, 0.25) is 5.95 Å². The average Bonchev–Trinajstić information content (AvgIpc) is 2.72. The second-order valence-corrected chi connectivity index (χ2v) is 6.11. The molecule has 0 aliphatic carbocycles. The number of nitrogens with zero attached hydrogens (tertiary/aromatic N) is 2. The van der Waals surface area contributed by atoms with Crippen LogP contribution in [0, 0.1) is 5.82 Å². The molecule has 0 spiro atoms. The maximum atomic E-state index is 13.3. The van der Waals surface area contributed by atoms with Crippen molar-refractivity contribution in [1.29, 1.82) is 0 Å². The number of carbonyl (C=O) groups excluding carboxylic acids is 1. The van der Waals surface area contributed by atoms with Gasteiger partial charge in [-0.05, 0) is 42.3 Å². The Hall–Kier alpha value is -3.32. The van der Waals surface area contributed by atoms with E-state index in [1.165, 1.54) is 12.1 Å². The number of hydrogen-bond acceptors (Lipinski definition) is 5. The summed E-state index contributed by atoms with van der Waals surface area (Å²) in [7, 11) is 1.63. The van der Waals surface area contributed by atoms with Crippen molar-refractivity contribution in [2.45, 2.75) is 6.42 Å². The topological polar surface area (TPSA) is 76.1 Å². The Labute approximate surface area is 162 Å². The van der Waals surface area contributed by atoms with Gasteiger partial charge in [0.15, 0.2) is 0 Å². The van der Waals surface area contributed by atoms with E-state index >= 15 is 0 Å². The van der Waals surface area contributed by atoms with E-state index < -0.39 is 0 Å². The molecule has 0 aliphatic rings. The van der Waals surface area contributed by atoms with Crippen LogP contribution in [0.1, 0.15) is 16.8 Å². The first kappa shape index (κ1) is 19.4. The number of rotatable bonds is 8. The van der Waals surface area contributed by atoms with Crippen molar-refractivity contribution < 1.29 is 13.9 Å². The number of halogens is 1. The lowest BCUT2D eigenvalue weighted by molar-refractivity contribution is 0.0948. The Bertz CT molecular complexity index is 932. The molecule has 2 aromatic carbocycles. The summed E-state index contributed by atoms with van der Waals surface area (Å²) in [6.45, 7) is 1.15. The zero-order valence-electron chi connectivity index (χ0n) is 15.5. The number of hydrogen-bond donors (Lipinski definition) is 2. The van der Waals surface area contributed by atoms with Crippen molar-refractivity contribution >= 4 is 17.5 Å². The lowest BCUT2D eigenvalue weighted by Gasteiger charge is -2.09. The quantitative estimate of drug-likeness (QED) is 0.582. The van der Waals surface area contributed by atoms with Crippen molar-refractivity contribution in [1.82, 2.24) is 15.3 Å². The third kappa shape index (κ3) is 5.34. The van der Waals surface area contributed by atoms with Gasteiger partial charge in [-0.3, -0.25) is 4.79 Å². The first-order chi connectivity index (χ1) is 13.7. The summed E-state index contributed by atoms with van der Waals surface area (Å²) in [5, 5.41) is 5.92. The number of methoxy groups -OCH3 is 1. The second kappa shape index (κ2) is 9.57. The van der Waals surface area contributed by atoms with Crippen LogP contribution in [0.25, 0.3) is 11.1 Å². The second-order valence-electron chi connectivity index (χ2n) is 6.11. The molecule has 0 radical (unpaired) electrons. The molecule has 1 amide bonds. The van der Waals surface area contributed by atoms with Crippen molar-refractivity contribution in [2.75, 3.05) is 25.6 Å². The number of aromatic nitrogens is 2. The highest BCUT2D eigenvalue weighted by Gasteiger charge is 2.07. The van der Waals surface area contributed by atoms with E-state index in [0.717, 1.165) is 6.42 Å². The van der Waals surface area contributed by atoms with E-state index in [4.69, 9.17) is 4.74 Å². The first-order valence-electron chi connectivity index (χ1n) is 8.88. The third-order valence-electron chi connectivity index (χ3n) is 4.00. The summed E-state index contributed by atoms with van der Waals surface area (Å²) in [6, 6.07) is 13.3. The molecule has 144 valence electrons. The van der Waals surface area contributed by atoms with Crippen molar-refractivity contribution in [3.63, 3.8) is 0 Å². The van der Waals surface area contributed by atoms with Crippen molar-refractivity contribution in [3.05, 3.63) is 72.3 Å². The largest absolute Gasteiger partial charge is 0.385 e. The fraction of sp³-hybridized carbons (Fsp3) is 0.190. The number of benzene rings is 2. The van der Waals surface area contributed by atoms with E-state index in [0.29, 0.717) is 41.5 Å². The van der Waals surface area contributed by atoms with Gasteiger partial charge >= 0.3 is 0 Å². The third-order valence-corrected chi connectivity index (χ3v) is 4.00. The molecule has 0 unspecified atom stereocenters.